The Hall–Kier alpha value is -0.330. The van der Waals surface area contributed by atoms with E-state index >= 15 is 0 Å². The zero-order valence-corrected chi connectivity index (χ0v) is 10.9. The van der Waals surface area contributed by atoms with Crippen LogP contribution in [0.25, 0.3) is 0 Å². The van der Waals surface area contributed by atoms with E-state index in [4.69, 9.17) is 10.5 Å². The van der Waals surface area contributed by atoms with Crippen LogP contribution in [0.15, 0.2) is 0 Å². The summed E-state index contributed by atoms with van der Waals surface area (Å²) in [6.07, 6.45) is -4.02. The van der Waals surface area contributed by atoms with Gasteiger partial charge in [-0.1, -0.05) is 6.92 Å². The Bertz CT molecular complexity index is 209. The van der Waals surface area contributed by atoms with Crippen molar-refractivity contribution in [3.8, 4) is 0 Å². The number of nitrogens with zero attached hydrogens (tertiary/aromatic N) is 1. The van der Waals surface area contributed by atoms with Crippen molar-refractivity contribution in [1.82, 2.24) is 4.90 Å². The van der Waals surface area contributed by atoms with Crippen LogP contribution in [0.1, 0.15) is 27.2 Å². The van der Waals surface area contributed by atoms with Gasteiger partial charge in [0.05, 0.1) is 6.61 Å². The van der Waals surface area contributed by atoms with E-state index in [0.29, 0.717) is 6.42 Å². The SMILES string of the molecule is CCC(N)C(N(CCOC)C(C)C)C(F)(F)F. The fraction of sp³-hybridized carbons (Fsp3) is 1.00. The van der Waals surface area contributed by atoms with Crippen LogP contribution in [0.4, 0.5) is 13.2 Å². The largest absolute Gasteiger partial charge is 0.405 e. The first-order valence-corrected chi connectivity index (χ1v) is 5.82. The molecular formula is C11H23F3N2O. The van der Waals surface area contributed by atoms with Crippen LogP contribution in [0, 0.1) is 0 Å². The summed E-state index contributed by atoms with van der Waals surface area (Å²) in [6.45, 7) is 5.62. The molecule has 2 atom stereocenters. The number of ether oxygens (including phenoxy) is 1. The van der Waals surface area contributed by atoms with Crippen LogP contribution in [-0.4, -0.2) is 49.5 Å². The molecule has 0 aromatic heterocycles. The lowest BCUT2D eigenvalue weighted by molar-refractivity contribution is -0.195. The van der Waals surface area contributed by atoms with E-state index in [1.54, 1.807) is 20.8 Å². The van der Waals surface area contributed by atoms with Crippen molar-refractivity contribution in [2.24, 2.45) is 5.73 Å². The smallest absolute Gasteiger partial charge is 0.383 e. The van der Waals surface area contributed by atoms with Crippen molar-refractivity contribution in [3.63, 3.8) is 0 Å². The monoisotopic (exact) mass is 256 g/mol. The fourth-order valence-electron chi connectivity index (χ4n) is 1.82. The summed E-state index contributed by atoms with van der Waals surface area (Å²) in [5.74, 6) is 0. The molecule has 0 aromatic rings. The maximum absolute atomic E-state index is 13.0. The summed E-state index contributed by atoms with van der Waals surface area (Å²) in [5.41, 5.74) is 5.61. The standard InChI is InChI=1S/C11H23F3N2O/c1-5-9(15)10(11(12,13)14)16(8(2)3)6-7-17-4/h8-10H,5-7,15H2,1-4H3. The molecule has 6 heteroatoms. The molecule has 0 saturated carbocycles. The summed E-state index contributed by atoms with van der Waals surface area (Å²) in [4.78, 5) is 1.36. The van der Waals surface area contributed by atoms with Crippen LogP contribution in [0.3, 0.4) is 0 Å². The first kappa shape index (κ1) is 16.7. The lowest BCUT2D eigenvalue weighted by Gasteiger charge is -2.38. The quantitative estimate of drug-likeness (QED) is 0.757. The van der Waals surface area contributed by atoms with E-state index in [2.05, 4.69) is 0 Å². The predicted molar refractivity (Wildman–Crippen MR) is 61.8 cm³/mol. The normalized spacial score (nSPS) is 16.6. The number of hydrogen-bond acceptors (Lipinski definition) is 3. The Kier molecular flexibility index (Phi) is 7.04. The van der Waals surface area contributed by atoms with Gasteiger partial charge in [-0.25, -0.2) is 0 Å². The molecule has 0 bridgehead atoms. The number of alkyl halides is 3. The lowest BCUT2D eigenvalue weighted by atomic mass is 10.0. The number of rotatable bonds is 7. The highest BCUT2D eigenvalue weighted by molar-refractivity contribution is 4.89. The molecule has 0 fully saturated rings. The molecule has 0 saturated heterocycles. The van der Waals surface area contributed by atoms with Crippen molar-refractivity contribution in [1.29, 1.82) is 0 Å². The van der Waals surface area contributed by atoms with Crippen LogP contribution in [-0.2, 0) is 4.74 Å². The second-order valence-electron chi connectivity index (χ2n) is 4.38. The Labute approximate surface area is 101 Å². The van der Waals surface area contributed by atoms with E-state index < -0.39 is 18.3 Å². The molecule has 0 radical (unpaired) electrons. The number of methoxy groups -OCH3 is 1. The van der Waals surface area contributed by atoms with E-state index in [1.165, 1.54) is 12.0 Å². The molecule has 104 valence electrons. The maximum atomic E-state index is 13.0. The number of nitrogens with two attached hydrogens (primary N) is 1. The van der Waals surface area contributed by atoms with Gasteiger partial charge in [-0.2, -0.15) is 13.2 Å². The van der Waals surface area contributed by atoms with E-state index in [0.717, 1.165) is 0 Å². The summed E-state index contributed by atoms with van der Waals surface area (Å²) < 4.78 is 43.9. The first-order chi connectivity index (χ1) is 7.75. The van der Waals surface area contributed by atoms with E-state index in [1.807, 2.05) is 0 Å². The number of halogens is 3. The second-order valence-corrected chi connectivity index (χ2v) is 4.38. The minimum atomic E-state index is -4.31. The van der Waals surface area contributed by atoms with Gasteiger partial charge in [0.25, 0.3) is 0 Å². The third-order valence-corrected chi connectivity index (χ3v) is 2.79. The molecular weight excluding hydrogens is 233 g/mol. The lowest BCUT2D eigenvalue weighted by Crippen LogP contribution is -2.58. The topological polar surface area (TPSA) is 38.5 Å². The first-order valence-electron chi connectivity index (χ1n) is 5.82. The molecule has 2 N–H and O–H groups in total. The van der Waals surface area contributed by atoms with Crippen molar-refractivity contribution < 1.29 is 17.9 Å². The zero-order chi connectivity index (χ0) is 13.6. The van der Waals surface area contributed by atoms with Gasteiger partial charge in [0.2, 0.25) is 0 Å². The highest BCUT2D eigenvalue weighted by Crippen LogP contribution is 2.29. The van der Waals surface area contributed by atoms with Crippen molar-refractivity contribution in [2.45, 2.75) is 51.5 Å². The molecule has 0 amide bonds. The van der Waals surface area contributed by atoms with Crippen molar-refractivity contribution >= 4 is 0 Å². The van der Waals surface area contributed by atoms with E-state index in [-0.39, 0.29) is 19.2 Å². The molecule has 2 unspecified atom stereocenters. The van der Waals surface area contributed by atoms with Crippen molar-refractivity contribution in [3.05, 3.63) is 0 Å². The van der Waals surface area contributed by atoms with E-state index in [9.17, 15) is 13.2 Å². The minimum Gasteiger partial charge on any atom is -0.383 e. The highest BCUT2D eigenvalue weighted by Gasteiger charge is 2.47. The molecule has 0 spiro atoms. The minimum absolute atomic E-state index is 0.227. The Balaban J connectivity index is 4.94. The Morgan fingerprint density at radius 3 is 2.12 bits per heavy atom. The molecule has 0 rings (SSSR count). The maximum Gasteiger partial charge on any atom is 0.405 e. The summed E-state index contributed by atoms with van der Waals surface area (Å²) in [5, 5.41) is 0. The van der Waals surface area contributed by atoms with Crippen LogP contribution < -0.4 is 5.73 Å². The average Bonchev–Trinajstić information content (AvgIpc) is 2.20. The molecule has 0 aliphatic carbocycles. The summed E-state index contributed by atoms with van der Waals surface area (Å²) in [7, 11) is 1.47. The van der Waals surface area contributed by atoms with Gasteiger partial charge in [-0.15, -0.1) is 0 Å². The van der Waals surface area contributed by atoms with Crippen LogP contribution >= 0.6 is 0 Å². The van der Waals surface area contributed by atoms with Gasteiger partial charge in [0.15, 0.2) is 0 Å². The number of hydrogen-bond donors (Lipinski definition) is 1. The fourth-order valence-corrected chi connectivity index (χ4v) is 1.82. The van der Waals surface area contributed by atoms with Gasteiger partial charge in [-0.05, 0) is 20.3 Å². The van der Waals surface area contributed by atoms with Gasteiger partial charge in [0, 0.05) is 25.7 Å². The molecule has 17 heavy (non-hydrogen) atoms. The second kappa shape index (κ2) is 7.18. The highest BCUT2D eigenvalue weighted by atomic mass is 19.4. The van der Waals surface area contributed by atoms with Gasteiger partial charge >= 0.3 is 6.18 Å². The molecule has 0 aliphatic rings. The van der Waals surface area contributed by atoms with Crippen LogP contribution in [0.2, 0.25) is 0 Å². The van der Waals surface area contributed by atoms with Crippen molar-refractivity contribution in [2.75, 3.05) is 20.3 Å². The average molecular weight is 256 g/mol. The molecule has 0 heterocycles. The molecule has 0 aromatic carbocycles. The zero-order valence-electron chi connectivity index (χ0n) is 10.9. The molecule has 3 nitrogen and oxygen atoms in total. The van der Waals surface area contributed by atoms with Gasteiger partial charge in [0.1, 0.15) is 6.04 Å². The van der Waals surface area contributed by atoms with Gasteiger partial charge < -0.3 is 10.5 Å². The Morgan fingerprint density at radius 1 is 1.29 bits per heavy atom. The summed E-state index contributed by atoms with van der Waals surface area (Å²) in [6, 6.07) is -2.74. The summed E-state index contributed by atoms with van der Waals surface area (Å²) >= 11 is 0. The Morgan fingerprint density at radius 2 is 1.82 bits per heavy atom. The third kappa shape index (κ3) is 5.23. The van der Waals surface area contributed by atoms with Gasteiger partial charge in [-0.3, -0.25) is 4.90 Å². The predicted octanol–water partition coefficient (Wildman–Crippen LogP) is 2.01. The van der Waals surface area contributed by atoms with Crippen LogP contribution in [0.5, 0.6) is 0 Å². The third-order valence-electron chi connectivity index (χ3n) is 2.79. The molecule has 0 aliphatic heterocycles.